The molecule has 6 heteroatoms. The van der Waals surface area contributed by atoms with E-state index in [2.05, 4.69) is 30.9 Å². The summed E-state index contributed by atoms with van der Waals surface area (Å²) in [5.74, 6) is -0.0984. The number of aromatic amines is 1. The fourth-order valence-electron chi connectivity index (χ4n) is 1.12. The van der Waals surface area contributed by atoms with Crippen LogP contribution >= 0.6 is 15.9 Å². The first-order valence-electron chi connectivity index (χ1n) is 4.08. The second-order valence-electron chi connectivity index (χ2n) is 2.79. The number of halogens is 1. The first-order chi connectivity index (χ1) is 7.16. The van der Waals surface area contributed by atoms with Crippen LogP contribution in [0, 0.1) is 0 Å². The maximum atomic E-state index is 11.1. The standard InChI is InChI=1S/C9H6BrN3O2/c10-5-2-1-3-11-8(5)9-12-6(14)4-7(15)13-9/h1-4H,(H2,12,13,14,15). The number of nitrogens with zero attached hydrogens (tertiary/aromatic N) is 2. The lowest BCUT2D eigenvalue weighted by atomic mass is 10.3. The highest BCUT2D eigenvalue weighted by Crippen LogP contribution is 2.22. The van der Waals surface area contributed by atoms with Crippen molar-refractivity contribution in [1.29, 1.82) is 0 Å². The van der Waals surface area contributed by atoms with E-state index in [1.165, 1.54) is 0 Å². The van der Waals surface area contributed by atoms with Gasteiger partial charge in [0.05, 0.1) is 6.07 Å². The van der Waals surface area contributed by atoms with Gasteiger partial charge in [-0.2, -0.15) is 4.98 Å². The second kappa shape index (κ2) is 3.82. The van der Waals surface area contributed by atoms with Crippen LogP contribution in [0.1, 0.15) is 0 Å². The van der Waals surface area contributed by atoms with Crippen LogP contribution in [0.5, 0.6) is 5.88 Å². The van der Waals surface area contributed by atoms with Crippen LogP contribution < -0.4 is 5.56 Å². The van der Waals surface area contributed by atoms with Crippen molar-refractivity contribution >= 4 is 15.9 Å². The Morgan fingerprint density at radius 2 is 2.27 bits per heavy atom. The quantitative estimate of drug-likeness (QED) is 0.817. The van der Waals surface area contributed by atoms with Gasteiger partial charge in [-0.05, 0) is 28.1 Å². The minimum atomic E-state index is -0.421. The average molecular weight is 268 g/mol. The summed E-state index contributed by atoms with van der Waals surface area (Å²) < 4.78 is 0.693. The summed E-state index contributed by atoms with van der Waals surface area (Å²) in [6.07, 6.45) is 1.57. The van der Waals surface area contributed by atoms with E-state index in [9.17, 15) is 9.90 Å². The van der Waals surface area contributed by atoms with E-state index in [1.54, 1.807) is 18.3 Å². The number of nitrogens with one attached hydrogen (secondary N) is 1. The molecule has 0 aromatic carbocycles. The summed E-state index contributed by atoms with van der Waals surface area (Å²) in [4.78, 5) is 21.4. The van der Waals surface area contributed by atoms with Crippen molar-refractivity contribution in [3.63, 3.8) is 0 Å². The Kier molecular flexibility index (Phi) is 2.51. The summed E-state index contributed by atoms with van der Waals surface area (Å²) in [6, 6.07) is 4.52. The van der Waals surface area contributed by atoms with Gasteiger partial charge in [0.15, 0.2) is 5.82 Å². The second-order valence-corrected chi connectivity index (χ2v) is 3.64. The molecule has 0 saturated heterocycles. The molecule has 15 heavy (non-hydrogen) atoms. The van der Waals surface area contributed by atoms with Gasteiger partial charge in [0, 0.05) is 10.7 Å². The molecule has 0 unspecified atom stereocenters. The molecule has 76 valence electrons. The molecular formula is C9H6BrN3O2. The zero-order valence-electron chi connectivity index (χ0n) is 7.44. The normalized spacial score (nSPS) is 10.2. The number of aromatic hydroxyl groups is 1. The van der Waals surface area contributed by atoms with E-state index in [1.807, 2.05) is 0 Å². The zero-order valence-corrected chi connectivity index (χ0v) is 9.02. The molecule has 0 radical (unpaired) electrons. The summed E-state index contributed by atoms with van der Waals surface area (Å²) >= 11 is 3.28. The predicted octanol–water partition coefficient (Wildman–Crippen LogP) is 1.30. The van der Waals surface area contributed by atoms with Gasteiger partial charge < -0.3 is 10.1 Å². The highest BCUT2D eigenvalue weighted by molar-refractivity contribution is 9.10. The Labute approximate surface area is 93.0 Å². The molecule has 0 fully saturated rings. The van der Waals surface area contributed by atoms with Crippen LogP contribution in [0.2, 0.25) is 0 Å². The minimum absolute atomic E-state index is 0.229. The molecule has 2 aromatic rings. The fraction of sp³-hybridized carbons (Fsp3) is 0. The molecule has 0 aliphatic carbocycles. The summed E-state index contributed by atoms with van der Waals surface area (Å²) in [6.45, 7) is 0. The third kappa shape index (κ3) is 2.04. The van der Waals surface area contributed by atoms with Crippen molar-refractivity contribution in [2.75, 3.05) is 0 Å². The summed E-state index contributed by atoms with van der Waals surface area (Å²) in [5, 5.41) is 9.17. The maximum absolute atomic E-state index is 11.1. The molecule has 2 N–H and O–H groups in total. The van der Waals surface area contributed by atoms with Gasteiger partial charge in [-0.3, -0.25) is 9.78 Å². The van der Waals surface area contributed by atoms with E-state index in [4.69, 9.17) is 0 Å². The SMILES string of the molecule is O=c1cc(O)nc(-c2ncccc2Br)[nH]1. The first kappa shape index (κ1) is 9.85. The third-order valence-corrected chi connectivity index (χ3v) is 2.35. The Morgan fingerprint density at radius 3 is 2.93 bits per heavy atom. The maximum Gasteiger partial charge on any atom is 0.255 e. The Balaban J connectivity index is 2.64. The molecule has 0 amide bonds. The van der Waals surface area contributed by atoms with Crippen LogP contribution in [-0.2, 0) is 0 Å². The molecule has 0 saturated carbocycles. The Morgan fingerprint density at radius 1 is 1.47 bits per heavy atom. The minimum Gasteiger partial charge on any atom is -0.493 e. The lowest BCUT2D eigenvalue weighted by Gasteiger charge is -2.01. The topological polar surface area (TPSA) is 78.9 Å². The van der Waals surface area contributed by atoms with Crippen molar-refractivity contribution in [2.24, 2.45) is 0 Å². The molecule has 0 aliphatic heterocycles. The number of pyridine rings is 1. The van der Waals surface area contributed by atoms with Crippen LogP contribution in [0.15, 0.2) is 33.7 Å². The molecule has 2 aromatic heterocycles. The summed E-state index contributed by atoms with van der Waals surface area (Å²) in [7, 11) is 0. The van der Waals surface area contributed by atoms with E-state index < -0.39 is 5.56 Å². The average Bonchev–Trinajstić information content (AvgIpc) is 2.16. The Hall–Kier alpha value is -1.69. The van der Waals surface area contributed by atoms with Gasteiger partial charge >= 0.3 is 0 Å². The highest BCUT2D eigenvalue weighted by Gasteiger charge is 2.07. The van der Waals surface area contributed by atoms with Gasteiger partial charge in [-0.25, -0.2) is 0 Å². The van der Waals surface area contributed by atoms with Gasteiger partial charge in [0.2, 0.25) is 5.88 Å². The zero-order chi connectivity index (χ0) is 10.8. The van der Waals surface area contributed by atoms with Crippen LogP contribution in [-0.4, -0.2) is 20.1 Å². The number of aromatic nitrogens is 3. The van der Waals surface area contributed by atoms with Crippen LogP contribution in [0.4, 0.5) is 0 Å². The molecule has 0 bridgehead atoms. The Bertz CT molecular complexity index is 553. The van der Waals surface area contributed by atoms with Gasteiger partial charge in [-0.15, -0.1) is 0 Å². The predicted molar refractivity (Wildman–Crippen MR) is 57.5 cm³/mol. The molecule has 0 spiro atoms. The van der Waals surface area contributed by atoms with Crippen molar-refractivity contribution in [3.05, 3.63) is 39.2 Å². The third-order valence-electron chi connectivity index (χ3n) is 1.71. The largest absolute Gasteiger partial charge is 0.493 e. The van der Waals surface area contributed by atoms with Crippen molar-refractivity contribution in [1.82, 2.24) is 15.0 Å². The number of rotatable bonds is 1. The van der Waals surface area contributed by atoms with E-state index in [0.717, 1.165) is 6.07 Å². The monoisotopic (exact) mass is 267 g/mol. The lowest BCUT2D eigenvalue weighted by molar-refractivity contribution is 0.452. The molecule has 2 heterocycles. The van der Waals surface area contributed by atoms with Crippen molar-refractivity contribution in [2.45, 2.75) is 0 Å². The number of H-pyrrole nitrogens is 1. The van der Waals surface area contributed by atoms with Crippen LogP contribution in [0.3, 0.4) is 0 Å². The number of hydrogen-bond donors (Lipinski definition) is 2. The van der Waals surface area contributed by atoms with Gasteiger partial charge in [-0.1, -0.05) is 0 Å². The van der Waals surface area contributed by atoms with Gasteiger partial charge in [0.25, 0.3) is 5.56 Å². The van der Waals surface area contributed by atoms with E-state index in [0.29, 0.717) is 10.2 Å². The fourth-order valence-corrected chi connectivity index (χ4v) is 1.56. The van der Waals surface area contributed by atoms with Gasteiger partial charge in [0.1, 0.15) is 5.69 Å². The molecule has 0 aliphatic rings. The first-order valence-corrected chi connectivity index (χ1v) is 4.87. The molecular weight excluding hydrogens is 262 g/mol. The highest BCUT2D eigenvalue weighted by atomic mass is 79.9. The molecule has 0 atom stereocenters. The number of hydrogen-bond acceptors (Lipinski definition) is 4. The summed E-state index contributed by atoms with van der Waals surface area (Å²) in [5.41, 5.74) is 0.0561. The van der Waals surface area contributed by atoms with Crippen molar-refractivity contribution in [3.8, 4) is 17.4 Å². The smallest absolute Gasteiger partial charge is 0.255 e. The van der Waals surface area contributed by atoms with Crippen LogP contribution in [0.25, 0.3) is 11.5 Å². The van der Waals surface area contributed by atoms with Crippen molar-refractivity contribution < 1.29 is 5.11 Å². The molecule has 5 nitrogen and oxygen atoms in total. The lowest BCUT2D eigenvalue weighted by Crippen LogP contribution is -2.07. The van der Waals surface area contributed by atoms with E-state index in [-0.39, 0.29) is 11.7 Å². The molecule has 2 rings (SSSR count). The van der Waals surface area contributed by atoms with E-state index >= 15 is 0 Å².